The molecule has 20 heavy (non-hydrogen) atoms. The minimum Gasteiger partial charge on any atom is -0.391 e. The highest BCUT2D eigenvalue weighted by Crippen LogP contribution is 2.23. The van der Waals surface area contributed by atoms with Crippen molar-refractivity contribution < 1.29 is 26.8 Å². The average molecular weight is 295 g/mol. The topological polar surface area (TPSA) is 21.6 Å². The van der Waals surface area contributed by atoms with E-state index in [4.69, 9.17) is 0 Å². The first-order chi connectivity index (χ1) is 9.43. The molecular weight excluding hydrogens is 281 g/mol. The average Bonchev–Trinajstić information content (AvgIpc) is 2.46. The molecule has 0 amide bonds. The SMILES string of the molecule is CCC(/C=N/OCc1c(F)c(F)c(F)c(F)c1F)CC. The van der Waals surface area contributed by atoms with Crippen LogP contribution in [-0.2, 0) is 11.4 Å². The fraction of sp³-hybridized carbons (Fsp3) is 0.462. The van der Waals surface area contributed by atoms with E-state index < -0.39 is 41.3 Å². The molecule has 1 aromatic carbocycles. The largest absolute Gasteiger partial charge is 0.391 e. The molecule has 0 saturated heterocycles. The van der Waals surface area contributed by atoms with E-state index >= 15 is 0 Å². The predicted molar refractivity (Wildman–Crippen MR) is 63.6 cm³/mol. The Morgan fingerprint density at radius 1 is 0.900 bits per heavy atom. The molecule has 0 atom stereocenters. The molecule has 0 spiro atoms. The van der Waals surface area contributed by atoms with Crippen molar-refractivity contribution in [3.8, 4) is 0 Å². The van der Waals surface area contributed by atoms with Gasteiger partial charge in [0.05, 0.1) is 5.56 Å². The number of nitrogens with zero attached hydrogens (tertiary/aromatic N) is 1. The molecule has 0 saturated carbocycles. The van der Waals surface area contributed by atoms with Gasteiger partial charge in [0, 0.05) is 6.21 Å². The van der Waals surface area contributed by atoms with Gasteiger partial charge in [-0.05, 0) is 18.8 Å². The minimum atomic E-state index is -2.19. The highest BCUT2D eigenvalue weighted by atomic mass is 19.2. The van der Waals surface area contributed by atoms with Crippen molar-refractivity contribution in [2.75, 3.05) is 0 Å². The lowest BCUT2D eigenvalue weighted by Gasteiger charge is -2.07. The van der Waals surface area contributed by atoms with Crippen LogP contribution in [0.1, 0.15) is 32.3 Å². The van der Waals surface area contributed by atoms with Crippen LogP contribution in [0.15, 0.2) is 5.16 Å². The van der Waals surface area contributed by atoms with E-state index in [9.17, 15) is 22.0 Å². The maximum absolute atomic E-state index is 13.3. The molecule has 0 aliphatic heterocycles. The fourth-order valence-corrected chi connectivity index (χ4v) is 1.51. The van der Waals surface area contributed by atoms with E-state index in [1.54, 1.807) is 0 Å². The van der Waals surface area contributed by atoms with Gasteiger partial charge < -0.3 is 4.84 Å². The van der Waals surface area contributed by atoms with Crippen molar-refractivity contribution in [3.63, 3.8) is 0 Å². The summed E-state index contributed by atoms with van der Waals surface area (Å²) in [6.45, 7) is 3.01. The van der Waals surface area contributed by atoms with E-state index in [2.05, 4.69) is 9.99 Å². The van der Waals surface area contributed by atoms with Crippen molar-refractivity contribution in [2.45, 2.75) is 33.3 Å². The highest BCUT2D eigenvalue weighted by Gasteiger charge is 2.25. The van der Waals surface area contributed by atoms with Crippen LogP contribution in [0, 0.1) is 35.0 Å². The van der Waals surface area contributed by atoms with E-state index in [1.165, 1.54) is 6.21 Å². The molecule has 1 rings (SSSR count). The molecule has 112 valence electrons. The molecule has 0 aliphatic rings. The quantitative estimate of drug-likeness (QED) is 0.252. The van der Waals surface area contributed by atoms with Crippen molar-refractivity contribution in [1.82, 2.24) is 0 Å². The standard InChI is InChI=1S/C13H14F5NO/c1-3-7(4-2)5-19-20-6-8-9(14)11(16)13(18)12(17)10(8)15/h5,7H,3-4,6H2,1-2H3/b19-5+. The molecule has 0 unspecified atom stereocenters. The second-order valence-electron chi connectivity index (χ2n) is 4.15. The second-order valence-corrected chi connectivity index (χ2v) is 4.15. The van der Waals surface area contributed by atoms with Gasteiger partial charge in [0.15, 0.2) is 23.3 Å². The van der Waals surface area contributed by atoms with Crippen LogP contribution in [-0.4, -0.2) is 6.21 Å². The maximum atomic E-state index is 13.3. The molecule has 0 N–H and O–H groups in total. The van der Waals surface area contributed by atoms with E-state index in [1.807, 2.05) is 13.8 Å². The van der Waals surface area contributed by atoms with Gasteiger partial charge >= 0.3 is 0 Å². The van der Waals surface area contributed by atoms with Gasteiger partial charge in [-0.3, -0.25) is 0 Å². The number of hydrogen-bond donors (Lipinski definition) is 0. The maximum Gasteiger partial charge on any atom is 0.200 e. The van der Waals surface area contributed by atoms with Crippen LogP contribution in [0.25, 0.3) is 0 Å². The smallest absolute Gasteiger partial charge is 0.200 e. The summed E-state index contributed by atoms with van der Waals surface area (Å²) in [5.74, 6) is -9.85. The van der Waals surface area contributed by atoms with Crippen molar-refractivity contribution in [2.24, 2.45) is 11.1 Å². The van der Waals surface area contributed by atoms with Crippen LogP contribution in [0.2, 0.25) is 0 Å². The number of hydrogen-bond acceptors (Lipinski definition) is 2. The molecule has 0 aromatic heterocycles. The zero-order chi connectivity index (χ0) is 15.3. The van der Waals surface area contributed by atoms with Crippen LogP contribution in [0.3, 0.4) is 0 Å². The lowest BCUT2D eigenvalue weighted by atomic mass is 10.1. The Bertz CT molecular complexity index is 471. The third-order valence-corrected chi connectivity index (χ3v) is 2.90. The second kappa shape index (κ2) is 7.21. The molecule has 0 heterocycles. The lowest BCUT2D eigenvalue weighted by Crippen LogP contribution is -2.08. The van der Waals surface area contributed by atoms with Crippen LogP contribution < -0.4 is 0 Å². The fourth-order valence-electron chi connectivity index (χ4n) is 1.51. The molecule has 0 aliphatic carbocycles. The van der Waals surface area contributed by atoms with Gasteiger partial charge in [-0.25, -0.2) is 22.0 Å². The Labute approximate surface area is 113 Å². The van der Waals surface area contributed by atoms with E-state index in [-0.39, 0.29) is 5.92 Å². The first-order valence-corrected chi connectivity index (χ1v) is 6.09. The Hall–Kier alpha value is -1.66. The zero-order valence-corrected chi connectivity index (χ0v) is 11.0. The number of halogens is 5. The molecule has 0 bridgehead atoms. The summed E-state index contributed by atoms with van der Waals surface area (Å²) in [6.07, 6.45) is 3.03. The summed E-state index contributed by atoms with van der Waals surface area (Å²) in [5.41, 5.74) is -1.04. The molecular formula is C13H14F5NO. The first-order valence-electron chi connectivity index (χ1n) is 6.09. The normalized spacial score (nSPS) is 11.6. The highest BCUT2D eigenvalue weighted by molar-refractivity contribution is 5.59. The van der Waals surface area contributed by atoms with Gasteiger partial charge in [0.25, 0.3) is 0 Å². The van der Waals surface area contributed by atoms with Crippen LogP contribution in [0.5, 0.6) is 0 Å². The summed E-state index contributed by atoms with van der Waals surface area (Å²) < 4.78 is 65.1. The van der Waals surface area contributed by atoms with E-state index in [0.717, 1.165) is 12.8 Å². The molecule has 2 nitrogen and oxygen atoms in total. The summed E-state index contributed by atoms with van der Waals surface area (Å²) in [6, 6.07) is 0. The first kappa shape index (κ1) is 16.4. The van der Waals surface area contributed by atoms with Crippen LogP contribution in [0.4, 0.5) is 22.0 Å². The van der Waals surface area contributed by atoms with Crippen molar-refractivity contribution in [3.05, 3.63) is 34.6 Å². The minimum absolute atomic E-state index is 0.131. The van der Waals surface area contributed by atoms with Gasteiger partial charge in [-0.2, -0.15) is 0 Å². The summed E-state index contributed by atoms with van der Waals surface area (Å²) >= 11 is 0. The number of rotatable bonds is 6. The third kappa shape index (κ3) is 3.46. The molecule has 7 heteroatoms. The molecule has 1 aromatic rings. The van der Waals surface area contributed by atoms with Crippen molar-refractivity contribution >= 4 is 6.21 Å². The molecule has 0 fully saturated rings. The Balaban J connectivity index is 2.84. The predicted octanol–water partition coefficient (Wildman–Crippen LogP) is 4.32. The summed E-state index contributed by atoms with van der Waals surface area (Å²) in [4.78, 5) is 4.60. The zero-order valence-electron chi connectivity index (χ0n) is 11.0. The van der Waals surface area contributed by atoms with Crippen molar-refractivity contribution in [1.29, 1.82) is 0 Å². The van der Waals surface area contributed by atoms with Gasteiger partial charge in [0.2, 0.25) is 5.82 Å². The lowest BCUT2D eigenvalue weighted by molar-refractivity contribution is 0.123. The van der Waals surface area contributed by atoms with Crippen LogP contribution >= 0.6 is 0 Å². The Morgan fingerprint density at radius 3 is 1.80 bits per heavy atom. The summed E-state index contributed by atoms with van der Waals surface area (Å²) in [7, 11) is 0. The molecule has 0 radical (unpaired) electrons. The number of oxime groups is 1. The summed E-state index contributed by atoms with van der Waals surface area (Å²) in [5, 5.41) is 3.48. The monoisotopic (exact) mass is 295 g/mol. The Morgan fingerprint density at radius 2 is 1.35 bits per heavy atom. The Kier molecular flexibility index (Phi) is 5.91. The third-order valence-electron chi connectivity index (χ3n) is 2.90. The number of benzene rings is 1. The van der Waals surface area contributed by atoms with Gasteiger partial charge in [0.1, 0.15) is 6.61 Å². The van der Waals surface area contributed by atoms with Gasteiger partial charge in [-0.1, -0.05) is 19.0 Å². The van der Waals surface area contributed by atoms with Gasteiger partial charge in [-0.15, -0.1) is 0 Å². The van der Waals surface area contributed by atoms with E-state index in [0.29, 0.717) is 0 Å².